The van der Waals surface area contributed by atoms with Gasteiger partial charge in [-0.25, -0.2) is 15.0 Å². The lowest BCUT2D eigenvalue weighted by molar-refractivity contribution is -0.145. The molecule has 7 rings (SSSR count). The highest BCUT2D eigenvalue weighted by molar-refractivity contribution is 5.96. The molecule has 236 valence electrons. The van der Waals surface area contributed by atoms with Crippen molar-refractivity contribution in [3.8, 4) is 6.07 Å². The molecule has 2 aromatic rings. The topological polar surface area (TPSA) is 131 Å². The van der Waals surface area contributed by atoms with Crippen LogP contribution in [0.15, 0.2) is 40.7 Å². The lowest BCUT2D eigenvalue weighted by atomic mass is 9.83. The highest BCUT2D eigenvalue weighted by Crippen LogP contribution is 2.38. The summed E-state index contributed by atoms with van der Waals surface area (Å²) in [6.45, 7) is 3.99. The number of hydrogen-bond donors (Lipinski definition) is 1. The maximum atomic E-state index is 13.6. The van der Waals surface area contributed by atoms with Gasteiger partial charge in [-0.05, 0) is 51.0 Å². The first kappa shape index (κ1) is 29.5. The lowest BCUT2D eigenvalue weighted by Crippen LogP contribution is -2.66. The molecule has 3 saturated heterocycles. The van der Waals surface area contributed by atoms with E-state index in [0.717, 1.165) is 37.3 Å². The van der Waals surface area contributed by atoms with Crippen LogP contribution >= 0.6 is 0 Å². The Bertz CT molecular complexity index is 1570. The molecule has 0 spiro atoms. The van der Waals surface area contributed by atoms with Crippen molar-refractivity contribution in [3.05, 3.63) is 53.5 Å². The molecule has 0 aliphatic carbocycles. The van der Waals surface area contributed by atoms with E-state index >= 15 is 0 Å². The fourth-order valence-corrected chi connectivity index (χ4v) is 7.14. The third-order valence-electron chi connectivity index (χ3n) is 9.55. The number of likely N-dealkylation sites (tertiary alicyclic amines) is 3. The summed E-state index contributed by atoms with van der Waals surface area (Å²) < 4.78 is 42.8. The monoisotopic (exact) mass is 621 g/mol. The predicted molar refractivity (Wildman–Crippen MR) is 157 cm³/mol. The molecular weight excluding hydrogens is 587 g/mol. The first-order chi connectivity index (χ1) is 21.7. The molecule has 1 amide bonds. The van der Waals surface area contributed by atoms with E-state index in [1.54, 1.807) is 11.2 Å². The van der Waals surface area contributed by atoms with Crippen LogP contribution in [0.1, 0.15) is 65.7 Å². The Morgan fingerprint density at radius 2 is 1.91 bits per heavy atom. The zero-order valence-corrected chi connectivity index (χ0v) is 24.7. The number of hydrogen-bond acceptors (Lipinski definition) is 10. The number of nitriles is 1. The third kappa shape index (κ3) is 5.72. The number of piperidine rings is 1. The molecule has 15 heteroatoms. The number of rotatable bonds is 7. The van der Waals surface area contributed by atoms with Crippen molar-refractivity contribution in [1.82, 2.24) is 39.8 Å². The van der Waals surface area contributed by atoms with Crippen molar-refractivity contribution in [2.45, 2.75) is 62.4 Å². The molecule has 3 fully saturated rings. The van der Waals surface area contributed by atoms with Gasteiger partial charge in [0.15, 0.2) is 0 Å². The van der Waals surface area contributed by atoms with Gasteiger partial charge in [-0.2, -0.15) is 23.5 Å². The van der Waals surface area contributed by atoms with E-state index in [-0.39, 0.29) is 35.9 Å². The summed E-state index contributed by atoms with van der Waals surface area (Å²) >= 11 is 0. The highest BCUT2D eigenvalue weighted by Gasteiger charge is 2.48. The summed E-state index contributed by atoms with van der Waals surface area (Å²) in [5.41, 5.74) is 0.510. The number of fused-ring (bicyclic) bond motifs is 1. The summed E-state index contributed by atoms with van der Waals surface area (Å²) in [4.78, 5) is 35.6. The number of aromatic nitrogens is 4. The van der Waals surface area contributed by atoms with Gasteiger partial charge in [0.05, 0.1) is 36.3 Å². The fourth-order valence-electron chi connectivity index (χ4n) is 7.14. The average Bonchev–Trinajstić information content (AvgIpc) is 3.80. The van der Waals surface area contributed by atoms with Crippen LogP contribution in [0, 0.1) is 17.2 Å². The standard InChI is InChI=1S/C30H34F3N11O/c31-30(32,33)28-39-21(16-41-9-1-2-10-41)13-24(40-28)27(45)42-11-4-22(5-12-42)43-17-29(18-43,6-7-34)44-15-20(14-38-44)25-23-3-8-35-26(23)37-19-36-25/h3,8,13-15,19,22-23,25H,1-2,4-6,9-12,16-18H2,(H,35,36,37). The Balaban J connectivity index is 0.988. The van der Waals surface area contributed by atoms with Gasteiger partial charge in [-0.15, -0.1) is 0 Å². The lowest BCUT2D eigenvalue weighted by Gasteiger charge is -2.53. The van der Waals surface area contributed by atoms with E-state index < -0.39 is 23.4 Å². The molecule has 12 nitrogen and oxygen atoms in total. The maximum Gasteiger partial charge on any atom is 0.451 e. The molecule has 5 aliphatic rings. The summed E-state index contributed by atoms with van der Waals surface area (Å²) in [6, 6.07) is 3.81. The molecule has 1 N–H and O–H groups in total. The van der Waals surface area contributed by atoms with Crippen LogP contribution in [-0.4, -0.2) is 97.8 Å². The normalized spacial score (nSPS) is 25.0. The number of nitrogens with one attached hydrogen (secondary N) is 1. The van der Waals surface area contributed by atoms with Crippen LogP contribution in [0.3, 0.4) is 0 Å². The van der Waals surface area contributed by atoms with Gasteiger partial charge in [0, 0.05) is 50.5 Å². The van der Waals surface area contributed by atoms with E-state index in [9.17, 15) is 23.2 Å². The SMILES string of the molecule is N#CCC1(n2cc(C3N=CN=C4NC=CC43)cn2)CN(C2CCN(C(=O)c3cc(CN4CCCC4)nc(C(F)(F)F)n3)CC2)C1. The summed E-state index contributed by atoms with van der Waals surface area (Å²) in [7, 11) is 0. The largest absolute Gasteiger partial charge is 0.451 e. The summed E-state index contributed by atoms with van der Waals surface area (Å²) in [6.07, 6.45) is 8.20. The van der Waals surface area contributed by atoms with Crippen LogP contribution in [0.25, 0.3) is 0 Å². The molecule has 2 atom stereocenters. The van der Waals surface area contributed by atoms with Gasteiger partial charge < -0.3 is 10.2 Å². The Labute approximate surface area is 258 Å². The van der Waals surface area contributed by atoms with E-state index in [2.05, 4.69) is 41.3 Å². The van der Waals surface area contributed by atoms with Gasteiger partial charge in [0.1, 0.15) is 23.4 Å². The predicted octanol–water partition coefficient (Wildman–Crippen LogP) is 2.73. The summed E-state index contributed by atoms with van der Waals surface area (Å²) in [5.74, 6) is -0.878. The molecule has 5 aliphatic heterocycles. The first-order valence-electron chi connectivity index (χ1n) is 15.4. The van der Waals surface area contributed by atoms with E-state index in [4.69, 9.17) is 0 Å². The number of alkyl halides is 3. The van der Waals surface area contributed by atoms with Gasteiger partial charge in [0.25, 0.3) is 5.91 Å². The van der Waals surface area contributed by atoms with Gasteiger partial charge in [-0.3, -0.25) is 24.3 Å². The van der Waals surface area contributed by atoms with Crippen LogP contribution in [-0.2, 0) is 18.3 Å². The molecule has 0 radical (unpaired) electrons. The van der Waals surface area contributed by atoms with Crippen molar-refractivity contribution in [3.63, 3.8) is 0 Å². The van der Waals surface area contributed by atoms with Crippen LogP contribution in [0.4, 0.5) is 13.2 Å². The number of carbonyl (C=O) groups excluding carboxylic acids is 1. The molecule has 0 bridgehead atoms. The van der Waals surface area contributed by atoms with Crippen molar-refractivity contribution in [2.75, 3.05) is 39.3 Å². The van der Waals surface area contributed by atoms with Crippen molar-refractivity contribution in [1.29, 1.82) is 5.26 Å². The molecule has 0 saturated carbocycles. The van der Waals surface area contributed by atoms with Gasteiger partial charge >= 0.3 is 6.18 Å². The van der Waals surface area contributed by atoms with Crippen LogP contribution < -0.4 is 5.32 Å². The Kier molecular flexibility index (Phi) is 7.65. The van der Waals surface area contributed by atoms with Crippen molar-refractivity contribution >= 4 is 18.1 Å². The Morgan fingerprint density at radius 1 is 1.13 bits per heavy atom. The maximum absolute atomic E-state index is 13.6. The Morgan fingerprint density at radius 3 is 2.64 bits per heavy atom. The second-order valence-electron chi connectivity index (χ2n) is 12.5. The molecule has 7 heterocycles. The molecule has 45 heavy (non-hydrogen) atoms. The van der Waals surface area contributed by atoms with E-state index in [1.165, 1.54) is 6.07 Å². The number of nitrogens with zero attached hydrogens (tertiary/aromatic N) is 10. The fraction of sp³-hybridized carbons (Fsp3) is 0.567. The minimum absolute atomic E-state index is 0.0319. The van der Waals surface area contributed by atoms with Crippen molar-refractivity contribution in [2.24, 2.45) is 15.9 Å². The first-order valence-corrected chi connectivity index (χ1v) is 15.4. The number of carbonyl (C=O) groups is 1. The summed E-state index contributed by atoms with van der Waals surface area (Å²) in [5, 5.41) is 17.5. The minimum atomic E-state index is -4.74. The Hall–Kier alpha value is -4.16. The number of amides is 1. The van der Waals surface area contributed by atoms with Crippen molar-refractivity contribution < 1.29 is 18.0 Å². The quantitative estimate of drug-likeness (QED) is 0.500. The highest BCUT2D eigenvalue weighted by atomic mass is 19.4. The van der Waals surface area contributed by atoms with Gasteiger partial charge in [0.2, 0.25) is 5.82 Å². The molecule has 2 aromatic heterocycles. The average molecular weight is 622 g/mol. The number of halogens is 3. The molecule has 2 unspecified atom stereocenters. The third-order valence-corrected chi connectivity index (χ3v) is 9.55. The molecular formula is C30H34F3N11O. The van der Waals surface area contributed by atoms with Crippen LogP contribution in [0.2, 0.25) is 0 Å². The molecule has 0 aromatic carbocycles. The second-order valence-corrected chi connectivity index (χ2v) is 12.5. The zero-order chi connectivity index (χ0) is 31.2. The second kappa shape index (κ2) is 11.6. The minimum Gasteiger partial charge on any atom is -0.350 e. The zero-order valence-electron chi connectivity index (χ0n) is 24.7. The number of amidine groups is 1. The smallest absolute Gasteiger partial charge is 0.350 e. The van der Waals surface area contributed by atoms with Gasteiger partial charge in [-0.1, -0.05) is 6.08 Å². The van der Waals surface area contributed by atoms with Crippen LogP contribution in [0.5, 0.6) is 0 Å². The van der Waals surface area contributed by atoms with E-state index in [0.29, 0.717) is 45.4 Å². The number of aliphatic imine (C=N–C) groups is 2. The van der Waals surface area contributed by atoms with E-state index in [1.807, 2.05) is 34.3 Å².